The van der Waals surface area contributed by atoms with Crippen molar-refractivity contribution in [2.75, 3.05) is 0 Å². The van der Waals surface area contributed by atoms with Crippen molar-refractivity contribution in [1.29, 1.82) is 0 Å². The molecule has 1 atom stereocenters. The minimum atomic E-state index is -0.921. The molecular formula is C22H23NO5. The minimum Gasteiger partial charge on any atom is -0.507 e. The second-order valence-corrected chi connectivity index (χ2v) is 6.80. The zero-order chi connectivity index (χ0) is 20.3. The number of aliphatic carboxylic acids is 1. The van der Waals surface area contributed by atoms with Gasteiger partial charge in [0.05, 0.1) is 5.39 Å². The van der Waals surface area contributed by atoms with E-state index in [1.54, 1.807) is 13.0 Å². The van der Waals surface area contributed by atoms with Crippen LogP contribution in [0.4, 0.5) is 0 Å². The molecule has 0 spiro atoms. The highest BCUT2D eigenvalue weighted by molar-refractivity contribution is 5.98. The summed E-state index contributed by atoms with van der Waals surface area (Å²) in [6.07, 6.45) is 1.23. The topological polar surface area (TPSA) is 99.8 Å². The van der Waals surface area contributed by atoms with Gasteiger partial charge in [-0.2, -0.15) is 0 Å². The monoisotopic (exact) mass is 381 g/mol. The molecule has 1 aromatic heterocycles. The van der Waals surface area contributed by atoms with E-state index in [1.165, 1.54) is 6.07 Å². The van der Waals surface area contributed by atoms with E-state index in [0.29, 0.717) is 34.1 Å². The smallest absolute Gasteiger partial charge is 0.336 e. The summed E-state index contributed by atoms with van der Waals surface area (Å²) >= 11 is 0. The van der Waals surface area contributed by atoms with Crippen molar-refractivity contribution in [2.45, 2.75) is 39.3 Å². The summed E-state index contributed by atoms with van der Waals surface area (Å²) in [6, 6.07) is 11.7. The highest BCUT2D eigenvalue weighted by atomic mass is 16.4. The van der Waals surface area contributed by atoms with Gasteiger partial charge in [-0.05, 0) is 30.5 Å². The molecule has 1 heterocycles. The van der Waals surface area contributed by atoms with E-state index in [0.717, 1.165) is 12.0 Å². The Labute approximate surface area is 162 Å². The first-order valence-electron chi connectivity index (χ1n) is 9.23. The first kappa shape index (κ1) is 19.6. The number of phenolic OH excluding ortho intramolecular Hbond substituents is 1. The van der Waals surface area contributed by atoms with Crippen molar-refractivity contribution < 1.29 is 19.4 Å². The molecule has 0 unspecified atom stereocenters. The lowest BCUT2D eigenvalue weighted by molar-refractivity contribution is -0.139. The van der Waals surface area contributed by atoms with Crippen molar-refractivity contribution >= 4 is 16.9 Å². The lowest BCUT2D eigenvalue weighted by Gasteiger charge is -2.17. The van der Waals surface area contributed by atoms with Gasteiger partial charge in [-0.25, -0.2) is 4.79 Å². The average molecular weight is 381 g/mol. The normalized spacial score (nSPS) is 12.2. The lowest BCUT2D eigenvalue weighted by Crippen LogP contribution is -2.36. The fraction of sp³-hybridized carbons (Fsp3) is 0.273. The number of aromatic hydroxyl groups is 1. The summed E-state index contributed by atoms with van der Waals surface area (Å²) in [7, 11) is 0. The molecule has 0 radical (unpaired) electrons. The van der Waals surface area contributed by atoms with Crippen LogP contribution >= 0.6 is 0 Å². The molecule has 3 rings (SSSR count). The van der Waals surface area contributed by atoms with Gasteiger partial charge in [0, 0.05) is 23.7 Å². The average Bonchev–Trinajstić information content (AvgIpc) is 2.66. The Kier molecular flexibility index (Phi) is 5.80. The predicted octanol–water partition coefficient (Wildman–Crippen LogP) is 3.82. The molecule has 0 saturated carbocycles. The number of carboxylic acid groups (broad SMARTS) is 1. The Morgan fingerprint density at radius 1 is 1.21 bits per heavy atom. The van der Waals surface area contributed by atoms with Gasteiger partial charge >= 0.3 is 11.6 Å². The van der Waals surface area contributed by atoms with Crippen LogP contribution in [0.5, 0.6) is 5.75 Å². The summed E-state index contributed by atoms with van der Waals surface area (Å²) in [4.78, 5) is 23.4. The van der Waals surface area contributed by atoms with Gasteiger partial charge in [0.15, 0.2) is 0 Å². The number of fused-ring (bicyclic) bond motifs is 1. The number of hydrogen-bond acceptors (Lipinski definition) is 5. The van der Waals surface area contributed by atoms with Crippen molar-refractivity contribution in [3.8, 4) is 16.9 Å². The van der Waals surface area contributed by atoms with Gasteiger partial charge in [0.25, 0.3) is 0 Å². The molecule has 0 aliphatic heterocycles. The number of rotatable bonds is 7. The summed E-state index contributed by atoms with van der Waals surface area (Å²) in [5.41, 5.74) is 2.47. The lowest BCUT2D eigenvalue weighted by atomic mass is 9.96. The Hall–Kier alpha value is -3.12. The Morgan fingerprint density at radius 2 is 1.93 bits per heavy atom. The molecule has 3 aromatic rings. The largest absolute Gasteiger partial charge is 0.507 e. The third-order valence-electron chi connectivity index (χ3n) is 4.82. The van der Waals surface area contributed by atoms with Crippen LogP contribution in [0.15, 0.2) is 51.7 Å². The number of phenols is 1. The van der Waals surface area contributed by atoms with Crippen LogP contribution in [0.3, 0.4) is 0 Å². The summed E-state index contributed by atoms with van der Waals surface area (Å²) in [6.45, 7) is 3.91. The zero-order valence-corrected chi connectivity index (χ0v) is 15.9. The Morgan fingerprint density at radius 3 is 2.57 bits per heavy atom. The number of carboxylic acids is 1. The van der Waals surface area contributed by atoms with E-state index in [-0.39, 0.29) is 12.3 Å². The highest BCUT2D eigenvalue weighted by Gasteiger charge is 2.20. The summed E-state index contributed by atoms with van der Waals surface area (Å²) < 4.78 is 5.31. The van der Waals surface area contributed by atoms with E-state index in [1.807, 2.05) is 37.3 Å². The third kappa shape index (κ3) is 3.92. The third-order valence-corrected chi connectivity index (χ3v) is 4.82. The Bertz CT molecular complexity index is 1060. The second-order valence-electron chi connectivity index (χ2n) is 6.80. The first-order valence-corrected chi connectivity index (χ1v) is 9.23. The van der Waals surface area contributed by atoms with Crippen LogP contribution in [-0.4, -0.2) is 22.2 Å². The fourth-order valence-corrected chi connectivity index (χ4v) is 3.37. The second kappa shape index (κ2) is 8.27. The maximum absolute atomic E-state index is 12.0. The molecule has 0 bridgehead atoms. The number of carbonyl (C=O) groups is 1. The van der Waals surface area contributed by atoms with E-state index in [9.17, 15) is 19.8 Å². The van der Waals surface area contributed by atoms with Crippen LogP contribution in [0.25, 0.3) is 22.1 Å². The van der Waals surface area contributed by atoms with Gasteiger partial charge < -0.3 is 19.9 Å². The van der Waals surface area contributed by atoms with Crippen LogP contribution in [-0.2, 0) is 11.3 Å². The first-order chi connectivity index (χ1) is 13.4. The predicted molar refractivity (Wildman–Crippen MR) is 107 cm³/mol. The molecular weight excluding hydrogens is 358 g/mol. The van der Waals surface area contributed by atoms with Crippen molar-refractivity contribution in [2.24, 2.45) is 0 Å². The van der Waals surface area contributed by atoms with Gasteiger partial charge in [-0.3, -0.25) is 4.79 Å². The van der Waals surface area contributed by atoms with E-state index in [2.05, 4.69) is 5.32 Å². The van der Waals surface area contributed by atoms with Crippen LogP contribution in [0.2, 0.25) is 0 Å². The molecule has 6 nitrogen and oxygen atoms in total. The van der Waals surface area contributed by atoms with Crippen LogP contribution in [0.1, 0.15) is 30.9 Å². The van der Waals surface area contributed by atoms with Gasteiger partial charge in [-0.1, -0.05) is 43.7 Å². The van der Waals surface area contributed by atoms with Crippen LogP contribution < -0.4 is 10.9 Å². The summed E-state index contributed by atoms with van der Waals surface area (Å²) in [5.74, 6) is -0.929. The quantitative estimate of drug-likeness (QED) is 0.538. The van der Waals surface area contributed by atoms with Gasteiger partial charge in [0.2, 0.25) is 0 Å². The SMILES string of the molecule is CCC[C@H](NCc1c(C)cc2oc(=O)cc(-c3ccccc3)c2c1O)C(=O)O. The molecule has 0 saturated heterocycles. The molecule has 3 N–H and O–H groups in total. The fourth-order valence-electron chi connectivity index (χ4n) is 3.37. The van der Waals surface area contributed by atoms with E-state index in [4.69, 9.17) is 4.42 Å². The number of aryl methyl sites for hydroxylation is 1. The number of benzene rings is 2. The minimum absolute atomic E-state index is 0.00857. The molecule has 6 heteroatoms. The van der Waals surface area contributed by atoms with Gasteiger partial charge in [0.1, 0.15) is 17.4 Å². The standard InChI is InChI=1S/C22H23NO5/c1-3-7-17(22(26)27)23-12-16-13(2)10-18-20(21(16)25)15(11-19(24)28-18)14-8-5-4-6-9-14/h4-6,8-11,17,23,25H,3,7,12H2,1-2H3,(H,26,27)/t17-/m0/s1. The maximum atomic E-state index is 12.0. The maximum Gasteiger partial charge on any atom is 0.336 e. The molecule has 0 fully saturated rings. The number of hydrogen-bond donors (Lipinski definition) is 3. The molecule has 0 aliphatic rings. The van der Waals surface area contributed by atoms with Crippen molar-refractivity contribution in [3.63, 3.8) is 0 Å². The van der Waals surface area contributed by atoms with Crippen molar-refractivity contribution in [1.82, 2.24) is 5.32 Å². The Balaban J connectivity index is 2.12. The molecule has 146 valence electrons. The molecule has 0 aliphatic carbocycles. The number of nitrogens with one attached hydrogen (secondary N) is 1. The van der Waals surface area contributed by atoms with Crippen LogP contribution in [0, 0.1) is 6.92 Å². The molecule has 0 amide bonds. The summed E-state index contributed by atoms with van der Waals surface area (Å²) in [5, 5.41) is 23.8. The highest BCUT2D eigenvalue weighted by Crippen LogP contribution is 2.37. The molecule has 2 aromatic carbocycles. The zero-order valence-electron chi connectivity index (χ0n) is 15.9. The van der Waals surface area contributed by atoms with Gasteiger partial charge in [-0.15, -0.1) is 0 Å². The van der Waals surface area contributed by atoms with E-state index < -0.39 is 17.6 Å². The van der Waals surface area contributed by atoms with Crippen molar-refractivity contribution in [3.05, 3.63) is 64.0 Å². The molecule has 28 heavy (non-hydrogen) atoms. The van der Waals surface area contributed by atoms with E-state index >= 15 is 0 Å².